The molecule has 0 aliphatic rings. The molecule has 0 rings (SSSR count). The van der Waals surface area contributed by atoms with Crippen LogP contribution in [-0.2, 0) is 43.4 Å². The van der Waals surface area contributed by atoms with Crippen molar-refractivity contribution < 1.29 is 84.3 Å². The van der Waals surface area contributed by atoms with Gasteiger partial charge in [0.25, 0.3) is 0 Å². The van der Waals surface area contributed by atoms with E-state index in [1.807, 2.05) is 0 Å². The summed E-state index contributed by atoms with van der Waals surface area (Å²) in [7, 11) is 0. The molecule has 240 valence electrons. The zero-order valence-corrected chi connectivity index (χ0v) is 30.5. The standard InChI is InChI=1S/4C4H10O.4C3H8O.2Ti/c4*1-2-3-4-5;4*1-3(2)4;;/h4*5H,2-4H2,1H3;4*3-4H,1-2H3;;. The molecule has 0 unspecified atom stereocenters. The van der Waals surface area contributed by atoms with E-state index in [0.29, 0.717) is 26.4 Å². The monoisotopic (exact) mass is 632 g/mol. The molecule has 0 aliphatic heterocycles. The molecule has 38 heavy (non-hydrogen) atoms. The van der Waals surface area contributed by atoms with Crippen LogP contribution in [0.25, 0.3) is 0 Å². The second kappa shape index (κ2) is 83.2. The number of unbranched alkanes of at least 4 members (excludes halogenated alkanes) is 4. The van der Waals surface area contributed by atoms with Crippen molar-refractivity contribution in [3.05, 3.63) is 0 Å². The number of hydrogen-bond donors (Lipinski definition) is 8. The quantitative estimate of drug-likeness (QED) is 0.179. The first-order valence-corrected chi connectivity index (χ1v) is 13.7. The van der Waals surface area contributed by atoms with Crippen molar-refractivity contribution in [2.75, 3.05) is 26.4 Å². The number of aliphatic hydroxyl groups is 8. The Morgan fingerprint density at radius 3 is 0.421 bits per heavy atom. The summed E-state index contributed by atoms with van der Waals surface area (Å²) in [5, 5.41) is 64.5. The first kappa shape index (κ1) is 67.0. The summed E-state index contributed by atoms with van der Waals surface area (Å²) < 4.78 is 0. The fourth-order valence-corrected chi connectivity index (χ4v) is 0.632. The van der Waals surface area contributed by atoms with Gasteiger partial charge in [-0.05, 0) is 81.1 Å². The molecule has 0 bridgehead atoms. The van der Waals surface area contributed by atoms with E-state index < -0.39 is 0 Å². The van der Waals surface area contributed by atoms with Crippen LogP contribution in [0.15, 0.2) is 0 Å². The maximum absolute atomic E-state index is 8.07. The second-order valence-electron chi connectivity index (χ2n) is 8.68. The first-order valence-electron chi connectivity index (χ1n) is 13.7. The first-order chi connectivity index (χ1) is 16.6. The van der Waals surface area contributed by atoms with Crippen molar-refractivity contribution in [2.24, 2.45) is 0 Å². The summed E-state index contributed by atoms with van der Waals surface area (Å²) in [6, 6.07) is 0. The zero-order chi connectivity index (χ0) is 30.8. The molecule has 8 N–H and O–H groups in total. The minimum Gasteiger partial charge on any atom is -0.396 e. The number of hydrogen-bond acceptors (Lipinski definition) is 8. The molecule has 0 saturated carbocycles. The van der Waals surface area contributed by atoms with Crippen molar-refractivity contribution in [3.63, 3.8) is 0 Å². The van der Waals surface area contributed by atoms with E-state index >= 15 is 0 Å². The summed E-state index contributed by atoms with van der Waals surface area (Å²) >= 11 is 0. The van der Waals surface area contributed by atoms with Gasteiger partial charge in [0.2, 0.25) is 0 Å². The Morgan fingerprint density at radius 1 is 0.342 bits per heavy atom. The van der Waals surface area contributed by atoms with E-state index in [0.717, 1.165) is 51.4 Å². The van der Waals surface area contributed by atoms with Crippen LogP contribution in [-0.4, -0.2) is 91.7 Å². The average molecular weight is 633 g/mol. The van der Waals surface area contributed by atoms with Crippen LogP contribution in [0.5, 0.6) is 0 Å². The van der Waals surface area contributed by atoms with Gasteiger partial charge < -0.3 is 40.9 Å². The van der Waals surface area contributed by atoms with E-state index in [9.17, 15) is 0 Å². The summed E-state index contributed by atoms with van der Waals surface area (Å²) in [6.07, 6.45) is 7.49. The summed E-state index contributed by atoms with van der Waals surface area (Å²) in [5.74, 6) is 0. The molecule has 0 aromatic carbocycles. The van der Waals surface area contributed by atoms with Gasteiger partial charge >= 0.3 is 0 Å². The fourth-order valence-electron chi connectivity index (χ4n) is 0.632. The van der Waals surface area contributed by atoms with E-state index in [-0.39, 0.29) is 67.9 Å². The maximum atomic E-state index is 8.07. The van der Waals surface area contributed by atoms with Crippen LogP contribution in [0.1, 0.15) is 134 Å². The fraction of sp³-hybridized carbons (Fsp3) is 1.00. The molecular formula is C28H72O8Ti2. The van der Waals surface area contributed by atoms with E-state index in [1.165, 1.54) is 0 Å². The predicted molar refractivity (Wildman–Crippen MR) is 157 cm³/mol. The molecule has 0 atom stereocenters. The van der Waals surface area contributed by atoms with Crippen LogP contribution >= 0.6 is 0 Å². The molecule has 0 saturated heterocycles. The third-order valence-electron chi connectivity index (χ3n) is 2.05. The van der Waals surface area contributed by atoms with Gasteiger partial charge in [0.15, 0.2) is 0 Å². The smallest absolute Gasteiger partial charge is 0.0483 e. The summed E-state index contributed by atoms with van der Waals surface area (Å²) in [6.45, 7) is 23.4. The van der Waals surface area contributed by atoms with Crippen LogP contribution in [0.4, 0.5) is 0 Å². The molecule has 0 amide bonds. The van der Waals surface area contributed by atoms with Gasteiger partial charge in [-0.1, -0.05) is 53.4 Å². The predicted octanol–water partition coefficient (Wildman–Crippen LogP) is 4.66. The summed E-state index contributed by atoms with van der Waals surface area (Å²) in [4.78, 5) is 0. The van der Waals surface area contributed by atoms with Gasteiger partial charge in [-0.2, -0.15) is 0 Å². The Morgan fingerprint density at radius 2 is 0.421 bits per heavy atom. The van der Waals surface area contributed by atoms with Crippen LogP contribution in [0, 0.1) is 0 Å². The topological polar surface area (TPSA) is 162 Å². The molecule has 0 aliphatic carbocycles. The van der Waals surface area contributed by atoms with Crippen molar-refractivity contribution in [1.29, 1.82) is 0 Å². The number of rotatable bonds is 8. The van der Waals surface area contributed by atoms with Gasteiger partial charge in [-0.25, -0.2) is 0 Å². The number of aliphatic hydroxyl groups excluding tert-OH is 8. The van der Waals surface area contributed by atoms with Crippen molar-refractivity contribution >= 4 is 0 Å². The third-order valence-corrected chi connectivity index (χ3v) is 2.05. The molecule has 0 heterocycles. The Kier molecular flexibility index (Phi) is 147. The van der Waals surface area contributed by atoms with Gasteiger partial charge in [-0.3, -0.25) is 0 Å². The minimum atomic E-state index is -0.167. The Bertz CT molecular complexity index is 184. The van der Waals surface area contributed by atoms with Gasteiger partial charge in [0.05, 0.1) is 0 Å². The molecule has 10 heteroatoms. The van der Waals surface area contributed by atoms with Crippen LogP contribution in [0.3, 0.4) is 0 Å². The third kappa shape index (κ3) is 583. The van der Waals surface area contributed by atoms with Crippen molar-refractivity contribution in [2.45, 2.75) is 159 Å². The van der Waals surface area contributed by atoms with E-state index in [2.05, 4.69) is 27.7 Å². The normalized spacial score (nSPS) is 8.21. The van der Waals surface area contributed by atoms with Gasteiger partial charge in [-0.15, -0.1) is 0 Å². The Balaban J connectivity index is -0.0000000293. The van der Waals surface area contributed by atoms with Crippen LogP contribution < -0.4 is 0 Å². The second-order valence-corrected chi connectivity index (χ2v) is 8.68. The molecule has 0 aromatic rings. The largest absolute Gasteiger partial charge is 0.396 e. The molecule has 0 aromatic heterocycles. The maximum Gasteiger partial charge on any atom is 0.0483 e. The van der Waals surface area contributed by atoms with Crippen molar-refractivity contribution in [3.8, 4) is 0 Å². The molecule has 0 fully saturated rings. The SMILES string of the molecule is CC(C)O.CC(C)O.CC(C)O.CC(C)O.CCCCO.CCCCO.CCCCO.CCCCO.[Ti].[Ti]. The molecule has 0 radical (unpaired) electrons. The Labute approximate surface area is 268 Å². The van der Waals surface area contributed by atoms with E-state index in [4.69, 9.17) is 40.9 Å². The Hall–Kier alpha value is 1.11. The molecule has 0 spiro atoms. The van der Waals surface area contributed by atoms with Crippen molar-refractivity contribution in [1.82, 2.24) is 0 Å². The van der Waals surface area contributed by atoms with E-state index in [1.54, 1.807) is 55.4 Å². The van der Waals surface area contributed by atoms with Crippen LogP contribution in [0.2, 0.25) is 0 Å². The molecular weight excluding hydrogens is 560 g/mol. The average Bonchev–Trinajstić information content (AvgIpc) is 2.70. The van der Waals surface area contributed by atoms with Gasteiger partial charge in [0, 0.05) is 94.3 Å². The van der Waals surface area contributed by atoms with Gasteiger partial charge in [0.1, 0.15) is 0 Å². The summed E-state index contributed by atoms with van der Waals surface area (Å²) in [5.41, 5.74) is 0. The molecule has 8 nitrogen and oxygen atoms in total. The zero-order valence-electron chi connectivity index (χ0n) is 27.4. The minimum absolute atomic E-state index is 0.